The maximum absolute atomic E-state index is 12.5. The summed E-state index contributed by atoms with van der Waals surface area (Å²) in [5.74, 6) is 1.12. The van der Waals surface area contributed by atoms with Gasteiger partial charge in [-0.2, -0.15) is 0 Å². The lowest BCUT2D eigenvalue weighted by atomic mass is 9.93. The van der Waals surface area contributed by atoms with Gasteiger partial charge in [0, 0.05) is 26.2 Å². The van der Waals surface area contributed by atoms with E-state index in [1.807, 2.05) is 4.90 Å². The second kappa shape index (κ2) is 6.23. The highest BCUT2D eigenvalue weighted by atomic mass is 16.2. The molecule has 19 heavy (non-hydrogen) atoms. The highest BCUT2D eigenvalue weighted by Crippen LogP contribution is 2.23. The Morgan fingerprint density at radius 3 is 2.84 bits per heavy atom. The first-order chi connectivity index (χ1) is 9.08. The molecule has 0 radical (unpaired) electrons. The van der Waals surface area contributed by atoms with Crippen LogP contribution in [0.1, 0.15) is 19.8 Å². The number of primary amides is 1. The zero-order chi connectivity index (χ0) is 13.8. The van der Waals surface area contributed by atoms with Gasteiger partial charge in [0.15, 0.2) is 0 Å². The van der Waals surface area contributed by atoms with Crippen molar-refractivity contribution in [3.05, 3.63) is 0 Å². The summed E-state index contributed by atoms with van der Waals surface area (Å²) in [6.07, 6.45) is 2.05. The molecule has 6 heteroatoms. The molecule has 3 unspecified atom stereocenters. The molecule has 6 nitrogen and oxygen atoms in total. The van der Waals surface area contributed by atoms with Gasteiger partial charge in [0.2, 0.25) is 5.91 Å². The van der Waals surface area contributed by atoms with Crippen molar-refractivity contribution in [3.63, 3.8) is 0 Å². The third-order valence-corrected chi connectivity index (χ3v) is 4.23. The molecule has 0 aromatic heterocycles. The Labute approximate surface area is 114 Å². The van der Waals surface area contributed by atoms with Crippen molar-refractivity contribution in [2.75, 3.05) is 32.7 Å². The fraction of sp³-hybridized carbons (Fsp3) is 0.846. The molecule has 2 aliphatic heterocycles. The topological polar surface area (TPSA) is 87.5 Å². The predicted molar refractivity (Wildman–Crippen MR) is 72.4 cm³/mol. The van der Waals surface area contributed by atoms with Crippen LogP contribution in [-0.4, -0.2) is 49.6 Å². The van der Waals surface area contributed by atoms with Crippen LogP contribution >= 0.6 is 0 Å². The van der Waals surface area contributed by atoms with Crippen LogP contribution in [0.4, 0.5) is 4.79 Å². The van der Waals surface area contributed by atoms with Crippen LogP contribution in [0.3, 0.4) is 0 Å². The third kappa shape index (κ3) is 3.59. The van der Waals surface area contributed by atoms with Gasteiger partial charge in [-0.25, -0.2) is 4.79 Å². The first-order valence-corrected chi connectivity index (χ1v) is 7.10. The van der Waals surface area contributed by atoms with E-state index in [4.69, 9.17) is 5.73 Å². The Morgan fingerprint density at radius 2 is 2.21 bits per heavy atom. The lowest BCUT2D eigenvalue weighted by Gasteiger charge is -2.35. The van der Waals surface area contributed by atoms with Crippen molar-refractivity contribution in [3.8, 4) is 0 Å². The zero-order valence-corrected chi connectivity index (χ0v) is 11.5. The van der Waals surface area contributed by atoms with E-state index in [1.54, 1.807) is 0 Å². The van der Waals surface area contributed by atoms with Crippen molar-refractivity contribution in [2.24, 2.45) is 23.5 Å². The minimum atomic E-state index is -0.489. The van der Waals surface area contributed by atoms with Gasteiger partial charge in [-0.15, -0.1) is 0 Å². The lowest BCUT2D eigenvalue weighted by molar-refractivity contribution is -0.137. The van der Waals surface area contributed by atoms with Gasteiger partial charge < -0.3 is 21.3 Å². The molecule has 0 saturated carbocycles. The molecule has 4 N–H and O–H groups in total. The summed E-state index contributed by atoms with van der Waals surface area (Å²) in [5.41, 5.74) is 5.08. The van der Waals surface area contributed by atoms with Crippen LogP contribution in [0.5, 0.6) is 0 Å². The molecule has 2 fully saturated rings. The number of nitrogens with one attached hydrogen (secondary N) is 2. The molecule has 0 spiro atoms. The molecule has 3 atom stereocenters. The molecular formula is C13H24N4O2. The van der Waals surface area contributed by atoms with Crippen LogP contribution < -0.4 is 16.4 Å². The van der Waals surface area contributed by atoms with E-state index in [9.17, 15) is 9.59 Å². The SMILES string of the molecule is CC1CNCC1C(=O)N1CCCC(CNC(N)=O)C1. The van der Waals surface area contributed by atoms with E-state index in [-0.39, 0.29) is 11.8 Å². The number of rotatable bonds is 3. The number of amides is 3. The number of hydrogen-bond acceptors (Lipinski definition) is 3. The summed E-state index contributed by atoms with van der Waals surface area (Å²) in [6.45, 7) is 5.99. The number of hydrogen-bond donors (Lipinski definition) is 3. The maximum Gasteiger partial charge on any atom is 0.312 e. The smallest absolute Gasteiger partial charge is 0.312 e. The number of likely N-dealkylation sites (tertiary alicyclic amines) is 1. The Kier molecular flexibility index (Phi) is 4.63. The van der Waals surface area contributed by atoms with Crippen LogP contribution in [0.2, 0.25) is 0 Å². The predicted octanol–water partition coefficient (Wildman–Crippen LogP) is -0.251. The van der Waals surface area contributed by atoms with Crippen LogP contribution in [0, 0.1) is 17.8 Å². The highest BCUT2D eigenvalue weighted by Gasteiger charge is 2.34. The molecule has 108 valence electrons. The largest absolute Gasteiger partial charge is 0.352 e. The molecule has 0 aromatic rings. The summed E-state index contributed by atoms with van der Waals surface area (Å²) >= 11 is 0. The van der Waals surface area contributed by atoms with Crippen molar-refractivity contribution in [2.45, 2.75) is 19.8 Å². The van der Waals surface area contributed by atoms with Gasteiger partial charge in [0.05, 0.1) is 5.92 Å². The fourth-order valence-electron chi connectivity index (χ4n) is 3.05. The zero-order valence-electron chi connectivity index (χ0n) is 11.5. The molecular weight excluding hydrogens is 244 g/mol. The minimum Gasteiger partial charge on any atom is -0.352 e. The molecule has 0 bridgehead atoms. The Hall–Kier alpha value is -1.30. The summed E-state index contributed by atoms with van der Waals surface area (Å²) in [4.78, 5) is 25.2. The molecule has 2 heterocycles. The lowest BCUT2D eigenvalue weighted by Crippen LogP contribution is -2.47. The van der Waals surface area contributed by atoms with Gasteiger partial charge in [0.1, 0.15) is 0 Å². The van der Waals surface area contributed by atoms with Crippen LogP contribution in [0.15, 0.2) is 0 Å². The Bertz CT molecular complexity index is 348. The number of carbonyl (C=O) groups is 2. The maximum atomic E-state index is 12.5. The van der Waals surface area contributed by atoms with Crippen LogP contribution in [-0.2, 0) is 4.79 Å². The number of urea groups is 1. The highest BCUT2D eigenvalue weighted by molar-refractivity contribution is 5.80. The Balaban J connectivity index is 1.86. The quantitative estimate of drug-likeness (QED) is 0.659. The van der Waals surface area contributed by atoms with Gasteiger partial charge >= 0.3 is 6.03 Å². The average molecular weight is 268 g/mol. The number of nitrogens with two attached hydrogens (primary N) is 1. The van der Waals surface area contributed by atoms with Gasteiger partial charge in [-0.3, -0.25) is 4.79 Å². The van der Waals surface area contributed by atoms with Crippen molar-refractivity contribution in [1.29, 1.82) is 0 Å². The molecule has 0 aromatic carbocycles. The van der Waals surface area contributed by atoms with Gasteiger partial charge in [0.25, 0.3) is 0 Å². The fourth-order valence-corrected chi connectivity index (χ4v) is 3.05. The van der Waals surface area contributed by atoms with Gasteiger partial charge in [-0.1, -0.05) is 6.92 Å². The van der Waals surface area contributed by atoms with E-state index < -0.39 is 6.03 Å². The van der Waals surface area contributed by atoms with Crippen LogP contribution in [0.25, 0.3) is 0 Å². The number of piperidine rings is 1. The monoisotopic (exact) mass is 268 g/mol. The van der Waals surface area contributed by atoms with Crippen molar-refractivity contribution >= 4 is 11.9 Å². The second-order valence-electron chi connectivity index (χ2n) is 5.78. The molecule has 3 amide bonds. The Morgan fingerprint density at radius 1 is 1.42 bits per heavy atom. The standard InChI is InChI=1S/C13H24N4O2/c1-9-5-15-7-11(9)12(18)17-4-2-3-10(8-17)6-16-13(14)19/h9-11,15H,2-8H2,1H3,(H3,14,16,19). The van der Waals surface area contributed by atoms with E-state index in [2.05, 4.69) is 17.6 Å². The number of nitrogens with zero attached hydrogens (tertiary/aromatic N) is 1. The second-order valence-corrected chi connectivity index (χ2v) is 5.78. The van der Waals surface area contributed by atoms with Gasteiger partial charge in [-0.05, 0) is 31.2 Å². The third-order valence-electron chi connectivity index (χ3n) is 4.23. The molecule has 2 rings (SSSR count). The molecule has 2 saturated heterocycles. The van der Waals surface area contributed by atoms with E-state index in [0.717, 1.165) is 39.0 Å². The molecule has 0 aliphatic carbocycles. The summed E-state index contributed by atoms with van der Waals surface area (Å²) < 4.78 is 0. The number of carbonyl (C=O) groups excluding carboxylic acids is 2. The summed E-state index contributed by atoms with van der Waals surface area (Å²) in [6, 6.07) is -0.489. The van der Waals surface area contributed by atoms with Crippen molar-refractivity contribution in [1.82, 2.24) is 15.5 Å². The van der Waals surface area contributed by atoms with E-state index in [1.165, 1.54) is 0 Å². The first-order valence-electron chi connectivity index (χ1n) is 7.10. The van der Waals surface area contributed by atoms with E-state index in [0.29, 0.717) is 18.4 Å². The van der Waals surface area contributed by atoms with E-state index >= 15 is 0 Å². The first kappa shape index (κ1) is 14.1. The van der Waals surface area contributed by atoms with Crippen molar-refractivity contribution < 1.29 is 9.59 Å². The normalized spacial score (nSPS) is 31.2. The molecule has 2 aliphatic rings. The average Bonchev–Trinajstić information content (AvgIpc) is 2.82. The minimum absolute atomic E-state index is 0.114. The summed E-state index contributed by atoms with van der Waals surface area (Å²) in [7, 11) is 0. The summed E-state index contributed by atoms with van der Waals surface area (Å²) in [5, 5.41) is 5.91.